The van der Waals surface area contributed by atoms with E-state index in [4.69, 9.17) is 0 Å². The highest BCUT2D eigenvalue weighted by atomic mass is 79.9. The summed E-state index contributed by atoms with van der Waals surface area (Å²) < 4.78 is 1.06. The minimum absolute atomic E-state index is 0.0317. The van der Waals surface area contributed by atoms with Crippen molar-refractivity contribution in [2.24, 2.45) is 0 Å². The van der Waals surface area contributed by atoms with Gasteiger partial charge in [0, 0.05) is 20.8 Å². The van der Waals surface area contributed by atoms with Crippen molar-refractivity contribution in [2.75, 3.05) is 6.61 Å². The van der Waals surface area contributed by atoms with Crippen LogP contribution in [-0.4, -0.2) is 16.7 Å². The van der Waals surface area contributed by atoms with Crippen molar-refractivity contribution in [1.29, 1.82) is 0 Å². The molecule has 1 heterocycles. The van der Waals surface area contributed by atoms with Gasteiger partial charge in [0.05, 0.1) is 12.3 Å². The minimum atomic E-state index is -0.0317. The van der Waals surface area contributed by atoms with Crippen LogP contribution < -0.4 is 0 Å². The molecule has 4 heteroatoms. The Morgan fingerprint density at radius 3 is 2.76 bits per heavy atom. The topological polar surface area (TPSA) is 33.1 Å². The minimum Gasteiger partial charge on any atom is -0.395 e. The summed E-state index contributed by atoms with van der Waals surface area (Å²) in [7, 11) is 0. The number of aromatic nitrogens is 1. The molecule has 88 valence electrons. The van der Waals surface area contributed by atoms with E-state index in [1.54, 1.807) is 11.3 Å². The van der Waals surface area contributed by atoms with E-state index in [0.717, 1.165) is 33.6 Å². The van der Waals surface area contributed by atoms with Gasteiger partial charge in [-0.25, -0.2) is 4.98 Å². The average molecular weight is 310 g/mol. The predicted molar refractivity (Wildman–Crippen MR) is 73.2 cm³/mol. The summed E-state index contributed by atoms with van der Waals surface area (Å²) in [5, 5.41) is 12.5. The number of halogens is 1. The molecule has 3 rings (SSSR count). The molecule has 0 saturated heterocycles. The second-order valence-electron chi connectivity index (χ2n) is 4.46. The molecule has 1 aliphatic carbocycles. The Labute approximate surface area is 112 Å². The van der Waals surface area contributed by atoms with E-state index in [1.165, 1.54) is 0 Å². The third kappa shape index (κ3) is 1.94. The van der Waals surface area contributed by atoms with Crippen LogP contribution in [0.1, 0.15) is 18.5 Å². The molecule has 17 heavy (non-hydrogen) atoms. The largest absolute Gasteiger partial charge is 0.395 e. The van der Waals surface area contributed by atoms with E-state index in [-0.39, 0.29) is 12.0 Å². The molecule has 0 aliphatic heterocycles. The highest BCUT2D eigenvalue weighted by molar-refractivity contribution is 9.10. The lowest BCUT2D eigenvalue weighted by Crippen LogP contribution is -2.11. The fraction of sp³-hybridized carbons (Fsp3) is 0.308. The maximum atomic E-state index is 9.40. The Hall–Kier alpha value is -0.710. The monoisotopic (exact) mass is 309 g/mol. The zero-order valence-corrected chi connectivity index (χ0v) is 11.6. The normalized spacial score (nSPS) is 17.1. The Morgan fingerprint density at radius 1 is 1.35 bits per heavy atom. The van der Waals surface area contributed by atoms with Crippen LogP contribution in [0, 0.1) is 0 Å². The zero-order chi connectivity index (χ0) is 11.9. The molecule has 0 spiro atoms. The van der Waals surface area contributed by atoms with Crippen molar-refractivity contribution in [2.45, 2.75) is 18.3 Å². The van der Waals surface area contributed by atoms with E-state index in [9.17, 15) is 5.11 Å². The highest BCUT2D eigenvalue weighted by Crippen LogP contribution is 2.48. The van der Waals surface area contributed by atoms with E-state index in [2.05, 4.69) is 32.4 Å². The van der Waals surface area contributed by atoms with Gasteiger partial charge in [0.1, 0.15) is 5.01 Å². The van der Waals surface area contributed by atoms with E-state index in [1.807, 2.05) is 18.2 Å². The first kappa shape index (κ1) is 11.4. The maximum Gasteiger partial charge on any atom is 0.124 e. The SMILES string of the molecule is OCC1(c2csc(-c3ccccc3Br)n2)CC1. The molecule has 1 fully saturated rings. The van der Waals surface area contributed by atoms with Gasteiger partial charge in [-0.3, -0.25) is 0 Å². The van der Waals surface area contributed by atoms with Crippen molar-refractivity contribution in [1.82, 2.24) is 4.98 Å². The van der Waals surface area contributed by atoms with Crippen LogP contribution in [0.25, 0.3) is 10.6 Å². The summed E-state index contributed by atoms with van der Waals surface area (Å²) in [6.07, 6.45) is 2.12. The highest BCUT2D eigenvalue weighted by Gasteiger charge is 2.45. The number of hydrogen-bond acceptors (Lipinski definition) is 3. The first-order valence-electron chi connectivity index (χ1n) is 5.57. The number of aliphatic hydroxyl groups excluding tert-OH is 1. The van der Waals surface area contributed by atoms with Crippen molar-refractivity contribution in [3.8, 4) is 10.6 Å². The second-order valence-corrected chi connectivity index (χ2v) is 6.17. The molecule has 1 aromatic heterocycles. The summed E-state index contributed by atoms with van der Waals surface area (Å²) >= 11 is 5.19. The molecule has 1 aromatic carbocycles. The van der Waals surface area contributed by atoms with Crippen LogP contribution in [0.4, 0.5) is 0 Å². The van der Waals surface area contributed by atoms with Crippen LogP contribution in [-0.2, 0) is 5.41 Å². The fourth-order valence-corrected chi connectivity index (χ4v) is 3.51. The smallest absolute Gasteiger partial charge is 0.124 e. The lowest BCUT2D eigenvalue weighted by atomic mass is 10.1. The van der Waals surface area contributed by atoms with Crippen LogP contribution in [0.3, 0.4) is 0 Å². The van der Waals surface area contributed by atoms with Crippen LogP contribution >= 0.6 is 27.3 Å². The third-order valence-electron chi connectivity index (χ3n) is 3.31. The van der Waals surface area contributed by atoms with Gasteiger partial charge in [-0.2, -0.15) is 0 Å². The van der Waals surface area contributed by atoms with Gasteiger partial charge in [0.2, 0.25) is 0 Å². The predicted octanol–water partition coefficient (Wildman–Crippen LogP) is 3.60. The number of hydrogen-bond donors (Lipinski definition) is 1. The fourth-order valence-electron chi connectivity index (χ4n) is 1.92. The Morgan fingerprint density at radius 2 is 2.12 bits per heavy atom. The second kappa shape index (κ2) is 4.19. The zero-order valence-electron chi connectivity index (χ0n) is 9.19. The van der Waals surface area contributed by atoms with E-state index in [0.29, 0.717) is 0 Å². The van der Waals surface area contributed by atoms with Crippen molar-refractivity contribution < 1.29 is 5.11 Å². The maximum absolute atomic E-state index is 9.40. The molecule has 1 saturated carbocycles. The molecular weight excluding hydrogens is 298 g/mol. The molecule has 0 atom stereocenters. The number of nitrogens with zero attached hydrogens (tertiary/aromatic N) is 1. The van der Waals surface area contributed by atoms with Gasteiger partial charge in [0.25, 0.3) is 0 Å². The Balaban J connectivity index is 1.99. The average Bonchev–Trinajstić information content (AvgIpc) is 3.00. The van der Waals surface area contributed by atoms with Gasteiger partial charge >= 0.3 is 0 Å². The molecule has 2 aromatic rings. The first-order chi connectivity index (χ1) is 8.25. The van der Waals surface area contributed by atoms with Crippen molar-refractivity contribution >= 4 is 27.3 Å². The number of benzene rings is 1. The molecule has 2 nitrogen and oxygen atoms in total. The lowest BCUT2D eigenvalue weighted by molar-refractivity contribution is 0.253. The summed E-state index contributed by atoms with van der Waals surface area (Å²) in [4.78, 5) is 4.67. The van der Waals surface area contributed by atoms with Gasteiger partial charge in [-0.05, 0) is 18.9 Å². The molecular formula is C13H12BrNOS. The van der Waals surface area contributed by atoms with Crippen LogP contribution in [0.15, 0.2) is 34.1 Å². The lowest BCUT2D eigenvalue weighted by Gasteiger charge is -2.06. The number of rotatable bonds is 3. The van der Waals surface area contributed by atoms with Gasteiger partial charge in [-0.15, -0.1) is 11.3 Å². The van der Waals surface area contributed by atoms with Gasteiger partial charge in [0.15, 0.2) is 0 Å². The van der Waals surface area contributed by atoms with Crippen LogP contribution in [0.5, 0.6) is 0 Å². The quantitative estimate of drug-likeness (QED) is 0.940. The number of thiazole rings is 1. The van der Waals surface area contributed by atoms with Gasteiger partial charge in [-0.1, -0.05) is 34.1 Å². The van der Waals surface area contributed by atoms with Crippen molar-refractivity contribution in [3.05, 3.63) is 39.8 Å². The molecule has 0 radical (unpaired) electrons. The Kier molecular flexibility index (Phi) is 2.81. The molecule has 0 bridgehead atoms. The van der Waals surface area contributed by atoms with E-state index < -0.39 is 0 Å². The van der Waals surface area contributed by atoms with Crippen LogP contribution in [0.2, 0.25) is 0 Å². The molecule has 0 unspecified atom stereocenters. The summed E-state index contributed by atoms with van der Waals surface area (Å²) in [6.45, 7) is 0.214. The molecule has 1 N–H and O–H groups in total. The number of aliphatic hydroxyl groups is 1. The summed E-state index contributed by atoms with van der Waals surface area (Å²) in [5.74, 6) is 0. The standard InChI is InChI=1S/C13H12BrNOS/c14-10-4-2-1-3-9(10)12-15-11(7-17-12)13(8-16)5-6-13/h1-4,7,16H,5-6,8H2. The van der Waals surface area contributed by atoms with Crippen molar-refractivity contribution in [3.63, 3.8) is 0 Å². The summed E-state index contributed by atoms with van der Waals surface area (Å²) in [5.41, 5.74) is 2.14. The van der Waals surface area contributed by atoms with Gasteiger partial charge < -0.3 is 5.11 Å². The first-order valence-corrected chi connectivity index (χ1v) is 7.24. The molecule has 1 aliphatic rings. The molecule has 0 amide bonds. The Bertz CT molecular complexity index is 548. The third-order valence-corrected chi connectivity index (χ3v) is 4.88. The van der Waals surface area contributed by atoms with E-state index >= 15 is 0 Å². The summed E-state index contributed by atoms with van der Waals surface area (Å²) in [6, 6.07) is 8.10.